The highest BCUT2D eigenvalue weighted by Crippen LogP contribution is 2.33. The maximum absolute atomic E-state index is 10.6. The third-order valence-electron chi connectivity index (χ3n) is 5.97. The number of hydrogen-bond acceptors (Lipinski definition) is 5. The van der Waals surface area contributed by atoms with Crippen molar-refractivity contribution in [1.82, 2.24) is 24.3 Å². The molecule has 0 unspecified atom stereocenters. The van der Waals surface area contributed by atoms with E-state index in [2.05, 4.69) is 70.7 Å². The Balaban J connectivity index is 1.75. The zero-order chi connectivity index (χ0) is 23.5. The molecule has 2 aromatic heterocycles. The Morgan fingerprint density at radius 3 is 2.70 bits per heavy atom. The van der Waals surface area contributed by atoms with E-state index in [1.165, 1.54) is 5.56 Å². The first-order valence-electron chi connectivity index (χ1n) is 11.2. The van der Waals surface area contributed by atoms with Gasteiger partial charge in [0.15, 0.2) is 10.6 Å². The van der Waals surface area contributed by atoms with Crippen molar-refractivity contribution in [2.24, 2.45) is 0 Å². The largest absolute Gasteiger partial charge is 0.507 e. The van der Waals surface area contributed by atoms with Crippen molar-refractivity contribution in [2.45, 2.75) is 39.7 Å². The van der Waals surface area contributed by atoms with Gasteiger partial charge in [-0.05, 0) is 59.9 Å². The zero-order valence-corrected chi connectivity index (χ0v) is 20.3. The highest BCUT2D eigenvalue weighted by molar-refractivity contribution is 7.71. The Kier molecular flexibility index (Phi) is 6.65. The fourth-order valence-electron chi connectivity index (χ4n) is 3.96. The van der Waals surface area contributed by atoms with Crippen LogP contribution < -0.4 is 4.90 Å². The number of hydrogen-bond donors (Lipinski definition) is 2. The van der Waals surface area contributed by atoms with E-state index in [0.717, 1.165) is 36.4 Å². The molecule has 0 bridgehead atoms. The van der Waals surface area contributed by atoms with Crippen LogP contribution in [0, 0.1) is 4.77 Å². The highest BCUT2D eigenvalue weighted by Gasteiger charge is 2.17. The normalized spacial score (nSPS) is 11.3. The molecule has 0 radical (unpaired) electrons. The van der Waals surface area contributed by atoms with Crippen molar-refractivity contribution < 1.29 is 5.11 Å². The monoisotopic (exact) mass is 462 g/mol. The second-order valence-corrected chi connectivity index (χ2v) is 8.89. The first kappa shape index (κ1) is 22.8. The van der Waals surface area contributed by atoms with E-state index in [9.17, 15) is 5.11 Å². The summed E-state index contributed by atoms with van der Waals surface area (Å²) >= 11 is 5.60. The molecule has 0 saturated heterocycles. The predicted molar refractivity (Wildman–Crippen MR) is 135 cm³/mol. The Hall–Kier alpha value is -3.39. The summed E-state index contributed by atoms with van der Waals surface area (Å²) in [6.45, 7) is 8.10. The van der Waals surface area contributed by atoms with Crippen LogP contribution in [-0.4, -0.2) is 43.0 Å². The van der Waals surface area contributed by atoms with E-state index in [0.29, 0.717) is 22.1 Å². The lowest BCUT2D eigenvalue weighted by Gasteiger charge is -2.23. The quantitative estimate of drug-likeness (QED) is 0.347. The van der Waals surface area contributed by atoms with Gasteiger partial charge in [0.05, 0.1) is 17.6 Å². The molecule has 0 aliphatic heterocycles. The Bertz CT molecular complexity index is 1290. The second kappa shape index (κ2) is 9.62. The number of anilines is 1. The number of aromatic nitrogens is 5. The summed E-state index contributed by atoms with van der Waals surface area (Å²) < 4.78 is 4.44. The standard InChI is InChI=1S/C25H30N6OS/c1-5-18-6-8-20(15-22(18)29(4)12-13-30-11-10-26-16-30)31-24(27-28-25(31)33)21-14-19(17(2)3)7-9-23(21)32/h6-11,14-17,32H,5,12-13H2,1-4H3,(H,28,33). The number of nitrogens with zero attached hydrogens (tertiary/aromatic N) is 5. The third-order valence-corrected chi connectivity index (χ3v) is 6.25. The van der Waals surface area contributed by atoms with Gasteiger partial charge in [-0.2, -0.15) is 5.10 Å². The summed E-state index contributed by atoms with van der Waals surface area (Å²) in [6.07, 6.45) is 6.52. The molecule has 0 aliphatic rings. The van der Waals surface area contributed by atoms with Gasteiger partial charge in [-0.1, -0.05) is 32.9 Å². The number of benzene rings is 2. The van der Waals surface area contributed by atoms with Gasteiger partial charge in [-0.15, -0.1) is 0 Å². The summed E-state index contributed by atoms with van der Waals surface area (Å²) in [6, 6.07) is 12.0. The van der Waals surface area contributed by atoms with Gasteiger partial charge >= 0.3 is 0 Å². The van der Waals surface area contributed by atoms with Crippen LogP contribution in [0.3, 0.4) is 0 Å². The molecular weight excluding hydrogens is 432 g/mol. The lowest BCUT2D eigenvalue weighted by atomic mass is 10.00. The van der Waals surface area contributed by atoms with Crippen LogP contribution in [-0.2, 0) is 13.0 Å². The summed E-state index contributed by atoms with van der Waals surface area (Å²) in [5, 5.41) is 18.0. The molecule has 2 N–H and O–H groups in total. The van der Waals surface area contributed by atoms with Gasteiger partial charge in [-0.3, -0.25) is 9.67 Å². The maximum atomic E-state index is 10.6. The van der Waals surface area contributed by atoms with Crippen LogP contribution in [0.25, 0.3) is 17.1 Å². The molecule has 4 rings (SSSR count). The molecule has 0 saturated carbocycles. The van der Waals surface area contributed by atoms with Crippen LogP contribution in [0.5, 0.6) is 5.75 Å². The lowest BCUT2D eigenvalue weighted by Crippen LogP contribution is -2.23. The number of phenolic OH excluding ortho intramolecular Hbond substituents is 1. The highest BCUT2D eigenvalue weighted by atomic mass is 32.1. The Morgan fingerprint density at radius 1 is 1.18 bits per heavy atom. The Morgan fingerprint density at radius 2 is 2.00 bits per heavy atom. The predicted octanol–water partition coefficient (Wildman–Crippen LogP) is 5.32. The fraction of sp³-hybridized carbons (Fsp3) is 0.320. The fourth-order valence-corrected chi connectivity index (χ4v) is 4.20. The van der Waals surface area contributed by atoms with E-state index in [4.69, 9.17) is 12.2 Å². The second-order valence-electron chi connectivity index (χ2n) is 8.51. The van der Waals surface area contributed by atoms with E-state index in [1.807, 2.05) is 29.2 Å². The average Bonchev–Trinajstić information content (AvgIpc) is 3.47. The van der Waals surface area contributed by atoms with Crippen molar-refractivity contribution >= 4 is 17.9 Å². The third kappa shape index (κ3) is 4.71. The van der Waals surface area contributed by atoms with Gasteiger partial charge in [0.25, 0.3) is 0 Å². The number of aromatic amines is 1. The number of nitrogens with one attached hydrogen (secondary N) is 1. The number of H-pyrrole nitrogens is 1. The van der Waals surface area contributed by atoms with Crippen molar-refractivity contribution in [3.63, 3.8) is 0 Å². The molecule has 4 aromatic rings. The number of aromatic hydroxyl groups is 1. The Labute approximate surface area is 199 Å². The maximum Gasteiger partial charge on any atom is 0.200 e. The molecular formula is C25H30N6OS. The van der Waals surface area contributed by atoms with Gasteiger partial charge in [0.2, 0.25) is 0 Å². The zero-order valence-electron chi connectivity index (χ0n) is 19.5. The topological polar surface area (TPSA) is 74.9 Å². The number of likely N-dealkylation sites (N-methyl/N-ethyl adjacent to an activating group) is 1. The number of aryl methyl sites for hydroxylation is 1. The summed E-state index contributed by atoms with van der Waals surface area (Å²) in [5.74, 6) is 1.10. The van der Waals surface area contributed by atoms with E-state index in [-0.39, 0.29) is 5.75 Å². The molecule has 8 heteroatoms. The molecule has 172 valence electrons. The van der Waals surface area contributed by atoms with Crippen molar-refractivity contribution in [3.05, 3.63) is 71.0 Å². The molecule has 0 spiro atoms. The first-order chi connectivity index (χ1) is 15.9. The minimum atomic E-state index is 0.178. The molecule has 0 amide bonds. The van der Waals surface area contributed by atoms with Gasteiger partial charge in [0, 0.05) is 38.2 Å². The molecule has 0 aliphatic carbocycles. The van der Waals surface area contributed by atoms with Gasteiger partial charge in [0.1, 0.15) is 5.75 Å². The van der Waals surface area contributed by atoms with Crippen molar-refractivity contribution in [1.29, 1.82) is 0 Å². The summed E-state index contributed by atoms with van der Waals surface area (Å²) in [4.78, 5) is 6.38. The number of phenols is 1. The molecule has 2 heterocycles. The van der Waals surface area contributed by atoms with Crippen molar-refractivity contribution in [3.8, 4) is 22.8 Å². The first-order valence-corrected chi connectivity index (χ1v) is 11.6. The molecule has 33 heavy (non-hydrogen) atoms. The molecule has 0 atom stereocenters. The van der Waals surface area contributed by atoms with E-state index >= 15 is 0 Å². The van der Waals surface area contributed by atoms with Crippen LogP contribution >= 0.6 is 12.2 Å². The van der Waals surface area contributed by atoms with Crippen LogP contribution in [0.2, 0.25) is 0 Å². The average molecular weight is 463 g/mol. The van der Waals surface area contributed by atoms with Gasteiger partial charge < -0.3 is 14.6 Å². The van der Waals surface area contributed by atoms with Crippen molar-refractivity contribution in [2.75, 3.05) is 18.5 Å². The van der Waals surface area contributed by atoms with Crippen LogP contribution in [0.1, 0.15) is 37.8 Å². The minimum Gasteiger partial charge on any atom is -0.507 e. The van der Waals surface area contributed by atoms with E-state index in [1.54, 1.807) is 12.3 Å². The number of rotatable bonds is 8. The smallest absolute Gasteiger partial charge is 0.200 e. The van der Waals surface area contributed by atoms with Crippen LogP contribution in [0.4, 0.5) is 5.69 Å². The molecule has 2 aromatic carbocycles. The number of imidazole rings is 1. The van der Waals surface area contributed by atoms with E-state index < -0.39 is 0 Å². The summed E-state index contributed by atoms with van der Waals surface area (Å²) in [5.41, 5.74) is 5.09. The SMILES string of the molecule is CCc1ccc(-n2c(-c3cc(C(C)C)ccc3O)n[nH]c2=S)cc1N(C)CCn1ccnc1. The van der Waals surface area contributed by atoms with Crippen LogP contribution in [0.15, 0.2) is 55.1 Å². The molecule has 0 fully saturated rings. The molecule has 7 nitrogen and oxygen atoms in total. The summed E-state index contributed by atoms with van der Waals surface area (Å²) in [7, 11) is 2.10. The lowest BCUT2D eigenvalue weighted by molar-refractivity contribution is 0.476. The minimum absolute atomic E-state index is 0.178. The van der Waals surface area contributed by atoms with Gasteiger partial charge in [-0.25, -0.2) is 4.98 Å².